The molecule has 0 saturated carbocycles. The Morgan fingerprint density at radius 1 is 1.07 bits per heavy atom. The molecule has 0 aromatic heterocycles. The third kappa shape index (κ3) is 4.54. The number of nitrogens with one attached hydrogen (secondary N) is 2. The van der Waals surface area contributed by atoms with Crippen molar-refractivity contribution in [3.8, 4) is 0 Å². The van der Waals surface area contributed by atoms with Gasteiger partial charge in [-0.2, -0.15) is 0 Å². The topological polar surface area (TPSA) is 70.7 Å². The summed E-state index contributed by atoms with van der Waals surface area (Å²) < 4.78 is 5.82. The first-order valence-corrected chi connectivity index (χ1v) is 10.2. The molecule has 0 aliphatic carbocycles. The number of nitrogens with zero attached hydrogens (tertiary/aromatic N) is 1. The maximum absolute atomic E-state index is 12.5. The van der Waals surface area contributed by atoms with E-state index < -0.39 is 0 Å². The second kappa shape index (κ2) is 8.43. The summed E-state index contributed by atoms with van der Waals surface area (Å²) in [5.41, 5.74) is 1.22. The van der Waals surface area contributed by atoms with Gasteiger partial charge in [-0.05, 0) is 50.2 Å². The first kappa shape index (κ1) is 19.7. The largest absolute Gasteiger partial charge is 0.457 e. The van der Waals surface area contributed by atoms with Gasteiger partial charge in [0.15, 0.2) is 0 Å². The summed E-state index contributed by atoms with van der Waals surface area (Å²) >= 11 is 5.97. The molecule has 7 heteroatoms. The Bertz CT molecular complexity index is 892. The summed E-state index contributed by atoms with van der Waals surface area (Å²) in [6, 6.07) is 16.3. The molecule has 4 unspecified atom stereocenters. The SMILES string of the molecule is CN1C2CC(NC(=O)Nc3cccc(Cl)c3)CC1C(OC(=O)c1ccccc1)C2. The maximum atomic E-state index is 12.5. The van der Waals surface area contributed by atoms with E-state index in [1.807, 2.05) is 18.2 Å². The number of urea groups is 1. The van der Waals surface area contributed by atoms with E-state index >= 15 is 0 Å². The highest BCUT2D eigenvalue weighted by Gasteiger charge is 2.47. The molecule has 2 aliphatic heterocycles. The molecule has 4 atom stereocenters. The fourth-order valence-electron chi connectivity index (χ4n) is 4.36. The van der Waals surface area contributed by atoms with E-state index in [1.54, 1.807) is 36.4 Å². The summed E-state index contributed by atoms with van der Waals surface area (Å²) in [6.45, 7) is 0. The molecule has 152 valence electrons. The van der Waals surface area contributed by atoms with Gasteiger partial charge in [-0.3, -0.25) is 4.90 Å². The van der Waals surface area contributed by atoms with Crippen LogP contribution in [0.1, 0.15) is 29.6 Å². The third-order valence-electron chi connectivity index (χ3n) is 5.80. The highest BCUT2D eigenvalue weighted by atomic mass is 35.5. The van der Waals surface area contributed by atoms with Gasteiger partial charge < -0.3 is 15.4 Å². The third-order valence-corrected chi connectivity index (χ3v) is 6.04. The zero-order chi connectivity index (χ0) is 20.4. The van der Waals surface area contributed by atoms with Gasteiger partial charge in [0.1, 0.15) is 6.10 Å². The lowest BCUT2D eigenvalue weighted by Gasteiger charge is -2.37. The van der Waals surface area contributed by atoms with Gasteiger partial charge in [-0.15, -0.1) is 0 Å². The Balaban J connectivity index is 1.35. The molecule has 2 aliphatic rings. The van der Waals surface area contributed by atoms with E-state index in [9.17, 15) is 9.59 Å². The Kier molecular flexibility index (Phi) is 5.74. The van der Waals surface area contributed by atoms with Crippen molar-refractivity contribution in [2.45, 2.75) is 43.5 Å². The van der Waals surface area contributed by atoms with Gasteiger partial charge in [0.2, 0.25) is 0 Å². The molecule has 6 nitrogen and oxygen atoms in total. The minimum Gasteiger partial charge on any atom is -0.457 e. The average Bonchev–Trinajstić information content (AvgIpc) is 2.86. The van der Waals surface area contributed by atoms with Crippen LogP contribution in [0.5, 0.6) is 0 Å². The lowest BCUT2D eigenvalue weighted by atomic mass is 9.98. The van der Waals surface area contributed by atoms with Gasteiger partial charge in [0.25, 0.3) is 0 Å². The quantitative estimate of drug-likeness (QED) is 0.745. The number of anilines is 1. The zero-order valence-electron chi connectivity index (χ0n) is 16.2. The number of amides is 2. The van der Waals surface area contributed by atoms with E-state index in [0.29, 0.717) is 16.3 Å². The van der Waals surface area contributed by atoms with Crippen molar-refractivity contribution in [2.75, 3.05) is 12.4 Å². The van der Waals surface area contributed by atoms with Crippen LogP contribution >= 0.6 is 11.6 Å². The minimum absolute atomic E-state index is 0.0285. The van der Waals surface area contributed by atoms with Crippen molar-refractivity contribution in [3.63, 3.8) is 0 Å². The Morgan fingerprint density at radius 3 is 2.62 bits per heavy atom. The molecule has 2 N–H and O–H groups in total. The smallest absolute Gasteiger partial charge is 0.338 e. The van der Waals surface area contributed by atoms with E-state index in [2.05, 4.69) is 22.6 Å². The molecule has 0 spiro atoms. The number of fused-ring (bicyclic) bond motifs is 2. The second-order valence-corrected chi connectivity index (χ2v) is 8.15. The number of likely N-dealkylation sites (N-methyl/N-ethyl adjacent to an activating group) is 1. The summed E-state index contributed by atoms with van der Waals surface area (Å²) in [5.74, 6) is -0.292. The number of carbonyl (C=O) groups is 2. The van der Waals surface area contributed by atoms with Crippen LogP contribution in [0.4, 0.5) is 10.5 Å². The zero-order valence-corrected chi connectivity index (χ0v) is 16.9. The van der Waals surface area contributed by atoms with E-state index in [1.165, 1.54) is 0 Å². The molecule has 4 rings (SSSR count). The number of halogens is 1. The molecule has 2 fully saturated rings. The lowest BCUT2D eigenvalue weighted by molar-refractivity contribution is 0.0181. The predicted octanol–water partition coefficient (Wildman–Crippen LogP) is 3.92. The summed E-state index contributed by atoms with van der Waals surface area (Å²) in [5, 5.41) is 6.45. The average molecular weight is 414 g/mol. The van der Waals surface area contributed by atoms with Crippen LogP contribution in [0.2, 0.25) is 5.02 Å². The number of hydrogen-bond donors (Lipinski definition) is 2. The normalized spacial score (nSPS) is 26.0. The van der Waals surface area contributed by atoms with E-state index in [-0.39, 0.29) is 36.2 Å². The van der Waals surface area contributed by atoms with Crippen LogP contribution < -0.4 is 10.6 Å². The maximum Gasteiger partial charge on any atom is 0.338 e. The fraction of sp³-hybridized carbons (Fsp3) is 0.364. The Morgan fingerprint density at radius 2 is 1.86 bits per heavy atom. The minimum atomic E-state index is -0.292. The number of carbonyl (C=O) groups excluding carboxylic acids is 2. The molecule has 2 saturated heterocycles. The number of piperidine rings is 1. The van der Waals surface area contributed by atoms with Crippen LogP contribution in [-0.2, 0) is 4.74 Å². The number of esters is 1. The van der Waals surface area contributed by atoms with Gasteiger partial charge in [0, 0.05) is 35.3 Å². The van der Waals surface area contributed by atoms with Crippen LogP contribution in [0, 0.1) is 0 Å². The number of benzene rings is 2. The Hall–Kier alpha value is -2.57. The molecule has 2 heterocycles. The van der Waals surface area contributed by atoms with Gasteiger partial charge in [-0.25, -0.2) is 9.59 Å². The number of hydrogen-bond acceptors (Lipinski definition) is 4. The second-order valence-electron chi connectivity index (χ2n) is 7.71. The van der Waals surface area contributed by atoms with Gasteiger partial charge in [0.05, 0.1) is 5.56 Å². The summed E-state index contributed by atoms with van der Waals surface area (Å²) in [4.78, 5) is 27.1. The van der Waals surface area contributed by atoms with Crippen molar-refractivity contribution >= 4 is 29.3 Å². The van der Waals surface area contributed by atoms with Crippen molar-refractivity contribution in [3.05, 3.63) is 65.2 Å². The molecule has 0 radical (unpaired) electrons. The molecule has 29 heavy (non-hydrogen) atoms. The van der Waals surface area contributed by atoms with E-state index in [4.69, 9.17) is 16.3 Å². The molecular weight excluding hydrogens is 390 g/mol. The van der Waals surface area contributed by atoms with Crippen molar-refractivity contribution < 1.29 is 14.3 Å². The monoisotopic (exact) mass is 413 g/mol. The number of rotatable bonds is 4. The first-order valence-electron chi connectivity index (χ1n) is 9.80. The standard InChI is InChI=1S/C22H24ClN3O3/c1-26-18-11-17(25-22(28)24-16-9-5-8-15(23)10-16)12-19(26)20(13-18)29-21(27)14-6-3-2-4-7-14/h2-10,17-20H,11-13H2,1H3,(H2,24,25,28). The van der Waals surface area contributed by atoms with E-state index in [0.717, 1.165) is 19.3 Å². The van der Waals surface area contributed by atoms with Crippen molar-refractivity contribution in [1.82, 2.24) is 10.2 Å². The van der Waals surface area contributed by atoms with Gasteiger partial charge >= 0.3 is 12.0 Å². The summed E-state index contributed by atoms with van der Waals surface area (Å²) in [6.07, 6.45) is 2.19. The summed E-state index contributed by atoms with van der Waals surface area (Å²) in [7, 11) is 2.06. The van der Waals surface area contributed by atoms with Crippen LogP contribution in [0.3, 0.4) is 0 Å². The molecule has 2 bridgehead atoms. The van der Waals surface area contributed by atoms with Gasteiger partial charge in [-0.1, -0.05) is 35.9 Å². The van der Waals surface area contributed by atoms with Crippen LogP contribution in [0.25, 0.3) is 0 Å². The predicted molar refractivity (Wildman–Crippen MR) is 112 cm³/mol. The van der Waals surface area contributed by atoms with Crippen LogP contribution in [-0.4, -0.2) is 48.2 Å². The molecular formula is C22H24ClN3O3. The highest BCUT2D eigenvalue weighted by Crippen LogP contribution is 2.36. The molecule has 2 aromatic carbocycles. The number of ether oxygens (including phenoxy) is 1. The highest BCUT2D eigenvalue weighted by molar-refractivity contribution is 6.30. The van der Waals surface area contributed by atoms with Crippen LogP contribution in [0.15, 0.2) is 54.6 Å². The first-order chi connectivity index (χ1) is 14.0. The Labute approximate surface area is 175 Å². The lowest BCUT2D eigenvalue weighted by Crippen LogP contribution is -2.51. The van der Waals surface area contributed by atoms with Crippen molar-refractivity contribution in [2.24, 2.45) is 0 Å². The fourth-order valence-corrected chi connectivity index (χ4v) is 4.55. The molecule has 2 aromatic rings. The molecule has 2 amide bonds. The van der Waals surface area contributed by atoms with Crippen molar-refractivity contribution in [1.29, 1.82) is 0 Å².